The van der Waals surface area contributed by atoms with Crippen LogP contribution in [0.25, 0.3) is 0 Å². The van der Waals surface area contributed by atoms with Crippen molar-refractivity contribution in [3.8, 4) is 5.75 Å². The Morgan fingerprint density at radius 1 is 1.14 bits per heavy atom. The van der Waals surface area contributed by atoms with Crippen LogP contribution < -0.4 is 20.3 Å². The molecule has 2 aromatic carbocycles. The Labute approximate surface area is 257 Å². The molecule has 0 unspecified atom stereocenters. The van der Waals surface area contributed by atoms with Crippen LogP contribution in [0.1, 0.15) is 85.7 Å². The molecule has 0 bridgehead atoms. The van der Waals surface area contributed by atoms with E-state index in [0.29, 0.717) is 24.4 Å². The van der Waals surface area contributed by atoms with Crippen molar-refractivity contribution in [1.29, 1.82) is 0 Å². The second-order valence-electron chi connectivity index (χ2n) is 13.1. The van der Waals surface area contributed by atoms with E-state index in [1.54, 1.807) is 0 Å². The number of amides is 1. The standard InChI is InChI=1S/C36H48N4O3/c1-6-26-14-15-33-29(18-26)31(21-36(4,5)43-33)37-22-32(41)30(19-27-12-8-7-9-13-27)39-35(42)28-17-25(3)38-34(20-28)40-16-10-11-24(2)23-40/h7-9,12-15,17-18,20,24,30-32,37,41H,6,10-11,16,19,21-23H2,1-5H3,(H,39,42)/t24-,30-,31-,32-/m0/s1. The van der Waals surface area contributed by atoms with Gasteiger partial charge >= 0.3 is 0 Å². The van der Waals surface area contributed by atoms with Gasteiger partial charge in [0, 0.05) is 48.9 Å². The number of carbonyl (C=O) groups excluding carboxylic acids is 1. The summed E-state index contributed by atoms with van der Waals surface area (Å²) in [5.41, 5.74) is 4.51. The van der Waals surface area contributed by atoms with E-state index in [2.05, 4.69) is 61.4 Å². The van der Waals surface area contributed by atoms with Gasteiger partial charge in [-0.1, -0.05) is 56.3 Å². The highest BCUT2D eigenvalue weighted by molar-refractivity contribution is 5.95. The number of carbonyl (C=O) groups is 1. The second kappa shape index (κ2) is 13.5. The molecule has 0 spiro atoms. The number of benzene rings is 2. The number of aliphatic hydroxyl groups excluding tert-OH is 1. The van der Waals surface area contributed by atoms with Gasteiger partial charge in [-0.15, -0.1) is 0 Å². The van der Waals surface area contributed by atoms with Crippen LogP contribution in [0.15, 0.2) is 60.7 Å². The number of fused-ring (bicyclic) bond motifs is 1. The molecule has 1 aromatic heterocycles. The van der Waals surface area contributed by atoms with Gasteiger partial charge < -0.3 is 25.4 Å². The summed E-state index contributed by atoms with van der Waals surface area (Å²) >= 11 is 0. The molecule has 1 fully saturated rings. The third-order valence-electron chi connectivity index (χ3n) is 8.78. The number of nitrogens with zero attached hydrogens (tertiary/aromatic N) is 2. The quantitative estimate of drug-likeness (QED) is 0.280. The summed E-state index contributed by atoms with van der Waals surface area (Å²) in [7, 11) is 0. The molecule has 2 aliphatic heterocycles. The maximum atomic E-state index is 13.7. The molecule has 0 radical (unpaired) electrons. The molecule has 3 N–H and O–H groups in total. The fourth-order valence-electron chi connectivity index (χ4n) is 6.46. The Hall–Kier alpha value is -3.42. The SMILES string of the molecule is CCc1ccc2c(c1)[C@@H](NC[C@H](O)[C@H](Cc1ccccc1)NC(=O)c1cc(C)nc(N3CCC[C@H](C)C3)c1)CC(C)(C)O2. The average molecular weight is 585 g/mol. The predicted molar refractivity (Wildman–Crippen MR) is 173 cm³/mol. The highest BCUT2D eigenvalue weighted by atomic mass is 16.5. The van der Waals surface area contributed by atoms with Crippen LogP contribution in [0, 0.1) is 12.8 Å². The van der Waals surface area contributed by atoms with E-state index in [4.69, 9.17) is 9.72 Å². The maximum absolute atomic E-state index is 13.7. The van der Waals surface area contributed by atoms with Crippen LogP contribution in [0.3, 0.4) is 0 Å². The zero-order chi connectivity index (χ0) is 30.6. The van der Waals surface area contributed by atoms with Crippen LogP contribution >= 0.6 is 0 Å². The van der Waals surface area contributed by atoms with Crippen molar-refractivity contribution in [3.05, 3.63) is 88.6 Å². The van der Waals surface area contributed by atoms with Crippen molar-refractivity contribution in [2.45, 2.75) is 90.5 Å². The minimum atomic E-state index is -0.807. The number of aryl methyl sites for hydroxylation is 2. The summed E-state index contributed by atoms with van der Waals surface area (Å²) < 4.78 is 6.28. The monoisotopic (exact) mass is 584 g/mol. The molecule has 230 valence electrons. The lowest BCUT2D eigenvalue weighted by atomic mass is 9.88. The van der Waals surface area contributed by atoms with Gasteiger partial charge in [0.05, 0.1) is 12.1 Å². The number of aliphatic hydroxyl groups is 1. The average Bonchev–Trinajstić information content (AvgIpc) is 2.99. The lowest BCUT2D eigenvalue weighted by Crippen LogP contribution is -2.50. The topological polar surface area (TPSA) is 86.7 Å². The maximum Gasteiger partial charge on any atom is 0.251 e. The minimum Gasteiger partial charge on any atom is -0.487 e. The molecule has 1 amide bonds. The highest BCUT2D eigenvalue weighted by Gasteiger charge is 2.34. The Kier molecular flexibility index (Phi) is 9.72. The fraction of sp³-hybridized carbons (Fsp3) is 0.500. The van der Waals surface area contributed by atoms with Gasteiger partial charge in [0.2, 0.25) is 0 Å². The third kappa shape index (κ3) is 7.95. The summed E-state index contributed by atoms with van der Waals surface area (Å²) in [5.74, 6) is 2.15. The molecule has 3 heterocycles. The summed E-state index contributed by atoms with van der Waals surface area (Å²) in [6, 6.07) is 19.7. The Bertz CT molecular complexity index is 1390. The van der Waals surface area contributed by atoms with Gasteiger partial charge in [-0.05, 0) is 81.7 Å². The van der Waals surface area contributed by atoms with Gasteiger partial charge in [0.25, 0.3) is 5.91 Å². The molecular weight excluding hydrogens is 536 g/mol. The highest BCUT2D eigenvalue weighted by Crippen LogP contribution is 2.40. The van der Waals surface area contributed by atoms with Crippen molar-refractivity contribution < 1.29 is 14.6 Å². The van der Waals surface area contributed by atoms with Gasteiger partial charge in [-0.25, -0.2) is 4.98 Å². The van der Waals surface area contributed by atoms with Crippen LogP contribution in [-0.2, 0) is 12.8 Å². The van der Waals surface area contributed by atoms with Gasteiger partial charge in [-0.2, -0.15) is 0 Å². The van der Waals surface area contributed by atoms with E-state index < -0.39 is 12.1 Å². The summed E-state index contributed by atoms with van der Waals surface area (Å²) in [5, 5.41) is 18.4. The molecule has 43 heavy (non-hydrogen) atoms. The van der Waals surface area contributed by atoms with Gasteiger partial charge in [-0.3, -0.25) is 4.79 Å². The molecule has 2 aliphatic rings. The van der Waals surface area contributed by atoms with E-state index in [0.717, 1.165) is 60.7 Å². The molecule has 1 saturated heterocycles. The van der Waals surface area contributed by atoms with Crippen LogP contribution in [0.5, 0.6) is 5.75 Å². The molecular formula is C36H48N4O3. The first-order chi connectivity index (χ1) is 20.6. The number of nitrogens with one attached hydrogen (secondary N) is 2. The first-order valence-corrected chi connectivity index (χ1v) is 15.9. The van der Waals surface area contributed by atoms with Gasteiger partial charge in [0.1, 0.15) is 17.2 Å². The second-order valence-corrected chi connectivity index (χ2v) is 13.1. The zero-order valence-corrected chi connectivity index (χ0v) is 26.4. The molecule has 7 heteroatoms. The van der Waals surface area contributed by atoms with Crippen molar-refractivity contribution >= 4 is 11.7 Å². The largest absolute Gasteiger partial charge is 0.487 e. The lowest BCUT2D eigenvalue weighted by Gasteiger charge is -2.39. The Balaban J connectivity index is 1.34. The Morgan fingerprint density at radius 2 is 1.93 bits per heavy atom. The number of aromatic nitrogens is 1. The first kappa shape index (κ1) is 31.0. The minimum absolute atomic E-state index is 0.0327. The number of pyridine rings is 1. The number of hydrogen-bond donors (Lipinski definition) is 3. The molecule has 3 aromatic rings. The number of piperidine rings is 1. The summed E-state index contributed by atoms with van der Waals surface area (Å²) in [6.07, 6.45) is 3.79. The van der Waals surface area contributed by atoms with E-state index in [9.17, 15) is 9.90 Å². The van der Waals surface area contributed by atoms with Crippen molar-refractivity contribution in [1.82, 2.24) is 15.6 Å². The lowest BCUT2D eigenvalue weighted by molar-refractivity contribution is 0.0582. The summed E-state index contributed by atoms with van der Waals surface area (Å²) in [4.78, 5) is 20.8. The van der Waals surface area contributed by atoms with E-state index in [-0.39, 0.29) is 17.6 Å². The number of rotatable bonds is 10. The fourth-order valence-corrected chi connectivity index (χ4v) is 6.46. The third-order valence-corrected chi connectivity index (χ3v) is 8.78. The summed E-state index contributed by atoms with van der Waals surface area (Å²) in [6.45, 7) is 12.8. The zero-order valence-electron chi connectivity index (χ0n) is 26.4. The van der Waals surface area contributed by atoms with E-state index in [1.807, 2.05) is 49.4 Å². The smallest absolute Gasteiger partial charge is 0.251 e. The van der Waals surface area contributed by atoms with E-state index in [1.165, 1.54) is 12.0 Å². The molecule has 5 rings (SSSR count). The molecule has 0 aliphatic carbocycles. The normalized spacial score (nSPS) is 20.9. The number of anilines is 1. The van der Waals surface area contributed by atoms with Crippen molar-refractivity contribution in [2.24, 2.45) is 5.92 Å². The van der Waals surface area contributed by atoms with Crippen molar-refractivity contribution in [3.63, 3.8) is 0 Å². The Morgan fingerprint density at radius 3 is 2.67 bits per heavy atom. The van der Waals surface area contributed by atoms with Crippen LogP contribution in [0.2, 0.25) is 0 Å². The first-order valence-electron chi connectivity index (χ1n) is 15.9. The van der Waals surface area contributed by atoms with Gasteiger partial charge in [0.15, 0.2) is 0 Å². The number of hydrogen-bond acceptors (Lipinski definition) is 6. The van der Waals surface area contributed by atoms with Crippen LogP contribution in [0.4, 0.5) is 5.82 Å². The molecule has 4 atom stereocenters. The van der Waals surface area contributed by atoms with Crippen LogP contribution in [-0.4, -0.2) is 53.4 Å². The molecule has 7 nitrogen and oxygen atoms in total. The van der Waals surface area contributed by atoms with Crippen molar-refractivity contribution in [2.75, 3.05) is 24.5 Å². The van der Waals surface area contributed by atoms with E-state index >= 15 is 0 Å². The molecule has 0 saturated carbocycles. The predicted octanol–water partition coefficient (Wildman–Crippen LogP) is 5.78. The number of ether oxygens (including phenoxy) is 1.